The van der Waals surface area contributed by atoms with E-state index in [1.165, 1.54) is 24.0 Å². The van der Waals surface area contributed by atoms with E-state index in [0.717, 1.165) is 25.9 Å². The van der Waals surface area contributed by atoms with E-state index < -0.39 is 0 Å². The Morgan fingerprint density at radius 1 is 0.957 bits per heavy atom. The zero-order valence-corrected chi connectivity index (χ0v) is 14.2. The lowest BCUT2D eigenvalue weighted by molar-refractivity contribution is 0.156. The Morgan fingerprint density at radius 2 is 1.57 bits per heavy atom. The number of rotatable bonds is 5. The lowest BCUT2D eigenvalue weighted by Crippen LogP contribution is -2.29. The Bertz CT molecular complexity index is 608. The van der Waals surface area contributed by atoms with Crippen LogP contribution in [0.2, 0.25) is 0 Å². The summed E-state index contributed by atoms with van der Waals surface area (Å²) in [5.41, 5.74) is 2.54. The summed E-state index contributed by atoms with van der Waals surface area (Å²) in [5, 5.41) is 0.657. The summed E-state index contributed by atoms with van der Waals surface area (Å²) in [6.45, 7) is 2.05. The molecule has 1 fully saturated rings. The average molecular weight is 325 g/mol. The molecule has 1 aliphatic heterocycles. The fourth-order valence-corrected chi connectivity index (χ4v) is 3.30. The van der Waals surface area contributed by atoms with Gasteiger partial charge in [0.2, 0.25) is 0 Å². The molecular formula is C20H23NOS. The highest BCUT2D eigenvalue weighted by atomic mass is 32.1. The highest BCUT2D eigenvalue weighted by Crippen LogP contribution is 2.25. The second-order valence-corrected chi connectivity index (χ2v) is 6.35. The van der Waals surface area contributed by atoms with Gasteiger partial charge in [-0.25, -0.2) is 0 Å². The second kappa shape index (κ2) is 8.11. The Morgan fingerprint density at radius 3 is 2.22 bits per heavy atom. The molecule has 23 heavy (non-hydrogen) atoms. The van der Waals surface area contributed by atoms with Crippen LogP contribution in [-0.4, -0.2) is 23.2 Å². The predicted octanol–water partition coefficient (Wildman–Crippen LogP) is 4.76. The van der Waals surface area contributed by atoms with Crippen LogP contribution < -0.4 is 0 Å². The van der Waals surface area contributed by atoms with Gasteiger partial charge in [-0.2, -0.15) is 0 Å². The lowest BCUT2D eigenvalue weighted by atomic mass is 10.0. The predicted molar refractivity (Wildman–Crippen MR) is 98.4 cm³/mol. The molecule has 1 heterocycles. The summed E-state index contributed by atoms with van der Waals surface area (Å²) >= 11 is 5.52. The Balaban J connectivity index is 1.67. The standard InChI is InChI=1S/C20H23NOS/c23-20(21-15-7-8-16-21)22-19(18-11-5-2-6-12-18)14-13-17-9-3-1-4-10-17/h1-6,9-12,19H,7-8,13-16H2. The monoisotopic (exact) mass is 325 g/mol. The van der Waals surface area contributed by atoms with E-state index in [1.54, 1.807) is 0 Å². The third kappa shape index (κ3) is 4.55. The number of ether oxygens (including phenoxy) is 1. The zero-order valence-electron chi connectivity index (χ0n) is 13.4. The van der Waals surface area contributed by atoms with Crippen molar-refractivity contribution in [3.05, 3.63) is 71.8 Å². The van der Waals surface area contributed by atoms with Crippen molar-refractivity contribution in [1.82, 2.24) is 4.90 Å². The van der Waals surface area contributed by atoms with E-state index in [9.17, 15) is 0 Å². The third-order valence-electron chi connectivity index (χ3n) is 4.32. The van der Waals surface area contributed by atoms with E-state index in [2.05, 4.69) is 59.5 Å². The van der Waals surface area contributed by atoms with Gasteiger partial charge >= 0.3 is 0 Å². The Kier molecular flexibility index (Phi) is 5.65. The van der Waals surface area contributed by atoms with Crippen molar-refractivity contribution < 1.29 is 4.74 Å². The van der Waals surface area contributed by atoms with Crippen molar-refractivity contribution >= 4 is 17.4 Å². The molecule has 1 aliphatic rings. The van der Waals surface area contributed by atoms with Gasteiger partial charge < -0.3 is 9.64 Å². The van der Waals surface area contributed by atoms with E-state index >= 15 is 0 Å². The van der Waals surface area contributed by atoms with Gasteiger partial charge in [-0.05, 0) is 49.0 Å². The average Bonchev–Trinajstić information content (AvgIpc) is 3.15. The topological polar surface area (TPSA) is 12.5 Å². The molecule has 2 nitrogen and oxygen atoms in total. The van der Waals surface area contributed by atoms with Gasteiger partial charge in [0.15, 0.2) is 0 Å². The quantitative estimate of drug-likeness (QED) is 0.736. The first-order valence-electron chi connectivity index (χ1n) is 8.37. The normalized spacial score (nSPS) is 15.4. The van der Waals surface area contributed by atoms with Crippen LogP contribution in [-0.2, 0) is 11.2 Å². The van der Waals surface area contributed by atoms with Crippen LogP contribution >= 0.6 is 12.2 Å². The number of thiocarbonyl (C=S) groups is 1. The highest BCUT2D eigenvalue weighted by molar-refractivity contribution is 7.80. The van der Waals surface area contributed by atoms with Gasteiger partial charge in [-0.3, -0.25) is 0 Å². The van der Waals surface area contributed by atoms with Gasteiger partial charge in [0, 0.05) is 13.1 Å². The summed E-state index contributed by atoms with van der Waals surface area (Å²) in [4.78, 5) is 2.19. The molecule has 0 saturated carbocycles. The molecule has 0 amide bonds. The van der Waals surface area contributed by atoms with Gasteiger partial charge in [0.25, 0.3) is 5.17 Å². The maximum absolute atomic E-state index is 6.20. The number of aryl methyl sites for hydroxylation is 1. The molecule has 3 heteroatoms. The highest BCUT2D eigenvalue weighted by Gasteiger charge is 2.21. The summed E-state index contributed by atoms with van der Waals surface area (Å²) in [7, 11) is 0. The molecule has 3 rings (SSSR count). The van der Waals surface area contributed by atoms with Crippen LogP contribution in [0.25, 0.3) is 0 Å². The molecule has 0 radical (unpaired) electrons. The largest absolute Gasteiger partial charge is 0.463 e. The number of benzene rings is 2. The number of hydrogen-bond acceptors (Lipinski definition) is 2. The van der Waals surface area contributed by atoms with Crippen molar-refractivity contribution in [3.8, 4) is 0 Å². The summed E-state index contributed by atoms with van der Waals surface area (Å²) in [6.07, 6.45) is 4.36. The lowest BCUT2D eigenvalue weighted by Gasteiger charge is -2.25. The van der Waals surface area contributed by atoms with Gasteiger partial charge in [-0.15, -0.1) is 0 Å². The van der Waals surface area contributed by atoms with Crippen molar-refractivity contribution in [1.29, 1.82) is 0 Å². The molecule has 1 saturated heterocycles. The van der Waals surface area contributed by atoms with Gasteiger partial charge in [-0.1, -0.05) is 60.7 Å². The molecule has 0 spiro atoms. The first kappa shape index (κ1) is 16.0. The smallest absolute Gasteiger partial charge is 0.259 e. The van der Waals surface area contributed by atoms with Crippen LogP contribution in [0.4, 0.5) is 0 Å². The Labute approximate surface area is 144 Å². The maximum Gasteiger partial charge on any atom is 0.259 e. The van der Waals surface area contributed by atoms with E-state index in [4.69, 9.17) is 17.0 Å². The molecule has 0 N–H and O–H groups in total. The first-order valence-corrected chi connectivity index (χ1v) is 8.78. The van der Waals surface area contributed by atoms with Crippen LogP contribution in [0, 0.1) is 0 Å². The maximum atomic E-state index is 6.20. The van der Waals surface area contributed by atoms with Crippen LogP contribution in [0.3, 0.4) is 0 Å². The summed E-state index contributed by atoms with van der Waals surface area (Å²) in [5.74, 6) is 0. The van der Waals surface area contributed by atoms with Crippen molar-refractivity contribution in [3.63, 3.8) is 0 Å². The number of nitrogens with zero attached hydrogens (tertiary/aromatic N) is 1. The fourth-order valence-electron chi connectivity index (χ4n) is 3.00. The molecule has 1 atom stereocenters. The van der Waals surface area contributed by atoms with Crippen molar-refractivity contribution in [2.45, 2.75) is 31.8 Å². The molecule has 2 aromatic carbocycles. The number of likely N-dealkylation sites (tertiary alicyclic amines) is 1. The molecule has 0 aliphatic carbocycles. The molecule has 120 valence electrons. The number of hydrogen-bond donors (Lipinski definition) is 0. The minimum atomic E-state index is 0.0181. The van der Waals surface area contributed by atoms with Gasteiger partial charge in [0.1, 0.15) is 6.10 Å². The minimum absolute atomic E-state index is 0.0181. The SMILES string of the molecule is S=C(OC(CCc1ccccc1)c1ccccc1)N1CCCC1. The molecule has 2 aromatic rings. The molecule has 1 unspecified atom stereocenters. The third-order valence-corrected chi connectivity index (χ3v) is 4.67. The Hall–Kier alpha value is -1.87. The van der Waals surface area contributed by atoms with Gasteiger partial charge in [0.05, 0.1) is 0 Å². The molecular weight excluding hydrogens is 302 g/mol. The van der Waals surface area contributed by atoms with Crippen molar-refractivity contribution in [2.75, 3.05) is 13.1 Å². The van der Waals surface area contributed by atoms with E-state index in [-0.39, 0.29) is 6.10 Å². The summed E-state index contributed by atoms with van der Waals surface area (Å²) < 4.78 is 6.20. The summed E-state index contributed by atoms with van der Waals surface area (Å²) in [6, 6.07) is 21.0. The zero-order chi connectivity index (χ0) is 15.9. The van der Waals surface area contributed by atoms with E-state index in [0.29, 0.717) is 5.17 Å². The van der Waals surface area contributed by atoms with Crippen LogP contribution in [0.1, 0.15) is 36.5 Å². The molecule has 0 aromatic heterocycles. The molecule has 0 bridgehead atoms. The second-order valence-electron chi connectivity index (χ2n) is 6.00. The first-order chi connectivity index (χ1) is 11.3. The van der Waals surface area contributed by atoms with Crippen LogP contribution in [0.15, 0.2) is 60.7 Å². The van der Waals surface area contributed by atoms with E-state index in [1.807, 2.05) is 6.07 Å². The minimum Gasteiger partial charge on any atom is -0.463 e. The van der Waals surface area contributed by atoms with Crippen LogP contribution in [0.5, 0.6) is 0 Å². The fraction of sp³-hybridized carbons (Fsp3) is 0.350. The van der Waals surface area contributed by atoms with Crippen molar-refractivity contribution in [2.24, 2.45) is 0 Å².